The van der Waals surface area contributed by atoms with Gasteiger partial charge in [0.25, 0.3) is 5.56 Å². The van der Waals surface area contributed by atoms with E-state index in [1.54, 1.807) is 31.4 Å². The summed E-state index contributed by atoms with van der Waals surface area (Å²) in [6, 6.07) is 9.38. The van der Waals surface area contributed by atoms with Crippen LogP contribution >= 0.6 is 11.6 Å². The smallest absolute Gasteiger partial charge is 0.256 e. The van der Waals surface area contributed by atoms with Crippen molar-refractivity contribution in [3.8, 4) is 11.1 Å². The molecule has 0 unspecified atom stereocenters. The van der Waals surface area contributed by atoms with Gasteiger partial charge in [-0.1, -0.05) is 25.4 Å². The number of halogens is 2. The minimum atomic E-state index is -0.516. The first kappa shape index (κ1) is 20.5. The van der Waals surface area contributed by atoms with E-state index < -0.39 is 5.82 Å². The lowest BCUT2D eigenvalue weighted by molar-refractivity contribution is 0.631. The summed E-state index contributed by atoms with van der Waals surface area (Å²) in [5, 5.41) is 6.60. The van der Waals surface area contributed by atoms with Crippen LogP contribution in [-0.2, 0) is 0 Å². The first-order valence-electron chi connectivity index (χ1n) is 9.02. The molecule has 2 aromatic heterocycles. The Morgan fingerprint density at radius 1 is 1.21 bits per heavy atom. The number of anilines is 3. The summed E-state index contributed by atoms with van der Waals surface area (Å²) in [6.07, 6.45) is 3.18. The molecule has 0 bridgehead atoms. The van der Waals surface area contributed by atoms with Gasteiger partial charge in [0.15, 0.2) is 0 Å². The molecule has 150 valence electrons. The molecule has 0 aliphatic carbocycles. The van der Waals surface area contributed by atoms with Gasteiger partial charge in [0, 0.05) is 41.3 Å². The predicted molar refractivity (Wildman–Crippen MR) is 117 cm³/mol. The van der Waals surface area contributed by atoms with Crippen molar-refractivity contribution in [3.05, 3.63) is 69.5 Å². The molecule has 3 rings (SSSR count). The lowest BCUT2D eigenvalue weighted by Gasteiger charge is -2.17. The zero-order chi connectivity index (χ0) is 21.0. The highest BCUT2D eigenvalue weighted by atomic mass is 35.5. The Bertz CT molecular complexity index is 1110. The van der Waals surface area contributed by atoms with Crippen LogP contribution in [0, 0.1) is 5.82 Å². The number of rotatable bonds is 6. The van der Waals surface area contributed by atoms with E-state index in [0.717, 1.165) is 5.69 Å². The standard InChI is InChI=1S/C21H21ClFN5O/c1-12(2)20-18(27-14-6-7-25-19(9-14)26-11-24-3)10-16(21(29)28-20)15-8-13(22)4-5-17(15)23/h4-12H,1-3H3,(H,28,29)(H2,24,25,26,27). The molecule has 29 heavy (non-hydrogen) atoms. The summed E-state index contributed by atoms with van der Waals surface area (Å²) in [5.74, 6) is 0.129. The largest absolute Gasteiger partial charge is 0.354 e. The molecule has 3 N–H and O–H groups in total. The molecule has 0 atom stereocenters. The molecule has 2 heterocycles. The molecule has 0 aliphatic heterocycles. The zero-order valence-electron chi connectivity index (χ0n) is 16.3. The Hall–Kier alpha value is -3.19. The molecule has 0 saturated carbocycles. The number of hydrogen-bond acceptors (Lipinski definition) is 4. The highest BCUT2D eigenvalue weighted by Gasteiger charge is 2.16. The minimum absolute atomic E-state index is 0.0371. The summed E-state index contributed by atoms with van der Waals surface area (Å²) in [7, 11) is 1.65. The average Bonchev–Trinajstić information content (AvgIpc) is 2.69. The van der Waals surface area contributed by atoms with Gasteiger partial charge in [-0.05, 0) is 36.2 Å². The second-order valence-corrected chi connectivity index (χ2v) is 7.14. The molecule has 3 aromatic rings. The molecule has 0 saturated heterocycles. The number of H-pyrrole nitrogens is 1. The van der Waals surface area contributed by atoms with E-state index in [0.29, 0.717) is 22.2 Å². The molecule has 6 nitrogen and oxygen atoms in total. The van der Waals surface area contributed by atoms with Crippen LogP contribution in [0.1, 0.15) is 25.5 Å². The summed E-state index contributed by atoms with van der Waals surface area (Å²) < 4.78 is 14.4. The van der Waals surface area contributed by atoms with Crippen LogP contribution in [0.15, 0.2) is 52.4 Å². The number of aliphatic imine (C=N–C) groups is 1. The Balaban J connectivity index is 2.08. The van der Waals surface area contributed by atoms with Crippen molar-refractivity contribution >= 4 is 35.1 Å². The topological polar surface area (TPSA) is 82.2 Å². The monoisotopic (exact) mass is 413 g/mol. The molecule has 0 fully saturated rings. The van der Waals surface area contributed by atoms with Crippen molar-refractivity contribution in [3.63, 3.8) is 0 Å². The molecule has 0 radical (unpaired) electrons. The average molecular weight is 414 g/mol. The van der Waals surface area contributed by atoms with E-state index in [4.69, 9.17) is 11.6 Å². The van der Waals surface area contributed by atoms with Gasteiger partial charge in [0.2, 0.25) is 0 Å². The number of benzene rings is 1. The van der Waals surface area contributed by atoms with Gasteiger partial charge >= 0.3 is 0 Å². The minimum Gasteiger partial charge on any atom is -0.354 e. The first-order chi connectivity index (χ1) is 13.9. The summed E-state index contributed by atoms with van der Waals surface area (Å²) in [5.41, 5.74) is 2.09. The maximum absolute atomic E-state index is 14.4. The number of pyridine rings is 2. The lowest BCUT2D eigenvalue weighted by Crippen LogP contribution is -2.15. The summed E-state index contributed by atoms with van der Waals surface area (Å²) in [6.45, 7) is 3.93. The Labute approximate surface area is 172 Å². The van der Waals surface area contributed by atoms with E-state index in [1.807, 2.05) is 13.8 Å². The second kappa shape index (κ2) is 8.87. The second-order valence-electron chi connectivity index (χ2n) is 6.70. The summed E-state index contributed by atoms with van der Waals surface area (Å²) >= 11 is 6.01. The van der Waals surface area contributed by atoms with Gasteiger partial charge in [-0.3, -0.25) is 9.79 Å². The van der Waals surface area contributed by atoms with Crippen LogP contribution in [0.5, 0.6) is 0 Å². The van der Waals surface area contributed by atoms with Crippen molar-refractivity contribution < 1.29 is 4.39 Å². The Kier molecular flexibility index (Phi) is 6.29. The molecular formula is C21H21ClFN5O. The maximum Gasteiger partial charge on any atom is 0.256 e. The third-order valence-corrected chi connectivity index (χ3v) is 4.48. The zero-order valence-corrected chi connectivity index (χ0v) is 17.0. The van der Waals surface area contributed by atoms with E-state index in [1.165, 1.54) is 24.5 Å². The fourth-order valence-electron chi connectivity index (χ4n) is 2.88. The normalized spacial score (nSPS) is 11.2. The van der Waals surface area contributed by atoms with E-state index in [2.05, 4.69) is 25.6 Å². The third-order valence-electron chi connectivity index (χ3n) is 4.25. The van der Waals surface area contributed by atoms with Gasteiger partial charge in [-0.25, -0.2) is 9.37 Å². The van der Waals surface area contributed by atoms with Gasteiger partial charge in [0.05, 0.1) is 17.6 Å². The molecule has 8 heteroatoms. The molecular weight excluding hydrogens is 393 g/mol. The maximum atomic E-state index is 14.4. The molecule has 0 amide bonds. The number of aromatic amines is 1. The third kappa shape index (κ3) is 4.81. The predicted octanol–water partition coefficient (Wildman–Crippen LogP) is 5.17. The number of hydrogen-bond donors (Lipinski definition) is 3. The fourth-order valence-corrected chi connectivity index (χ4v) is 3.05. The fraction of sp³-hybridized carbons (Fsp3) is 0.190. The number of nitrogens with zero attached hydrogens (tertiary/aromatic N) is 2. The van der Waals surface area contributed by atoms with Crippen molar-refractivity contribution in [2.75, 3.05) is 17.7 Å². The van der Waals surface area contributed by atoms with Crippen LogP contribution in [0.3, 0.4) is 0 Å². The van der Waals surface area contributed by atoms with Crippen molar-refractivity contribution in [2.45, 2.75) is 19.8 Å². The SMILES string of the molecule is C/N=C/Nc1cc(Nc2cc(-c3cc(Cl)ccc3F)c(=O)[nH]c2C(C)C)ccn1. The molecule has 0 aliphatic rings. The lowest BCUT2D eigenvalue weighted by atomic mass is 10.0. The van der Waals surface area contributed by atoms with E-state index in [-0.39, 0.29) is 22.6 Å². The van der Waals surface area contributed by atoms with Crippen LogP contribution < -0.4 is 16.2 Å². The van der Waals surface area contributed by atoms with Gasteiger partial charge in [-0.2, -0.15) is 0 Å². The molecule has 0 spiro atoms. The number of aromatic nitrogens is 2. The van der Waals surface area contributed by atoms with Crippen LogP contribution in [0.4, 0.5) is 21.6 Å². The quantitative estimate of drug-likeness (QED) is 0.384. The Morgan fingerprint density at radius 2 is 2.00 bits per heavy atom. The van der Waals surface area contributed by atoms with E-state index in [9.17, 15) is 9.18 Å². The summed E-state index contributed by atoms with van der Waals surface area (Å²) in [4.78, 5) is 23.6. The van der Waals surface area contributed by atoms with Crippen LogP contribution in [-0.4, -0.2) is 23.4 Å². The first-order valence-corrected chi connectivity index (χ1v) is 9.39. The highest BCUT2D eigenvalue weighted by molar-refractivity contribution is 6.30. The molecule has 1 aromatic carbocycles. The number of nitrogens with one attached hydrogen (secondary N) is 3. The van der Waals surface area contributed by atoms with Gasteiger partial charge in [0.1, 0.15) is 11.6 Å². The van der Waals surface area contributed by atoms with Crippen LogP contribution in [0.2, 0.25) is 5.02 Å². The van der Waals surface area contributed by atoms with Gasteiger partial charge in [-0.15, -0.1) is 0 Å². The Morgan fingerprint density at radius 3 is 2.72 bits per heavy atom. The van der Waals surface area contributed by atoms with E-state index >= 15 is 0 Å². The van der Waals surface area contributed by atoms with Crippen molar-refractivity contribution in [1.29, 1.82) is 0 Å². The van der Waals surface area contributed by atoms with Crippen molar-refractivity contribution in [1.82, 2.24) is 9.97 Å². The van der Waals surface area contributed by atoms with Gasteiger partial charge < -0.3 is 15.6 Å². The van der Waals surface area contributed by atoms with Crippen molar-refractivity contribution in [2.24, 2.45) is 4.99 Å². The van der Waals surface area contributed by atoms with Crippen LogP contribution in [0.25, 0.3) is 11.1 Å². The highest BCUT2D eigenvalue weighted by Crippen LogP contribution is 2.30.